The molecular weight excluding hydrogens is 202 g/mol. The van der Waals surface area contributed by atoms with E-state index in [-0.39, 0.29) is 0 Å². The van der Waals surface area contributed by atoms with Crippen molar-refractivity contribution in [1.29, 1.82) is 0 Å². The molecule has 1 saturated heterocycles. The summed E-state index contributed by atoms with van der Waals surface area (Å²) in [4.78, 5) is 13.0. The lowest BCUT2D eigenvalue weighted by atomic mass is 9.81. The predicted octanol–water partition coefficient (Wildman–Crippen LogP) is 2.36. The summed E-state index contributed by atoms with van der Waals surface area (Å²) >= 11 is 0. The fourth-order valence-corrected chi connectivity index (χ4v) is 3.23. The van der Waals surface area contributed by atoms with Gasteiger partial charge in [-0.3, -0.25) is 9.69 Å². The molecule has 2 rings (SSSR count). The van der Waals surface area contributed by atoms with Crippen LogP contribution in [0.3, 0.4) is 0 Å². The molecule has 1 aliphatic heterocycles. The molecule has 3 heteroatoms. The van der Waals surface area contributed by atoms with E-state index in [1.807, 2.05) is 0 Å². The first-order valence-corrected chi connectivity index (χ1v) is 6.62. The van der Waals surface area contributed by atoms with Gasteiger partial charge in [0.25, 0.3) is 0 Å². The number of carbonyl (C=O) groups is 1. The molecule has 2 fully saturated rings. The highest BCUT2D eigenvalue weighted by Gasteiger charge is 2.34. The first-order valence-electron chi connectivity index (χ1n) is 6.62. The Balaban J connectivity index is 1.71. The molecule has 1 heterocycles. The van der Waals surface area contributed by atoms with Gasteiger partial charge in [0.2, 0.25) is 0 Å². The highest BCUT2D eigenvalue weighted by Crippen LogP contribution is 2.32. The third-order valence-electron chi connectivity index (χ3n) is 4.36. The minimum Gasteiger partial charge on any atom is -0.481 e. The van der Waals surface area contributed by atoms with Gasteiger partial charge in [-0.05, 0) is 31.6 Å². The number of carboxylic acids is 1. The number of aliphatic carboxylic acids is 1. The van der Waals surface area contributed by atoms with E-state index in [9.17, 15) is 4.79 Å². The van der Waals surface area contributed by atoms with Gasteiger partial charge in [-0.25, -0.2) is 0 Å². The molecule has 16 heavy (non-hydrogen) atoms. The van der Waals surface area contributed by atoms with E-state index >= 15 is 0 Å². The maximum absolute atomic E-state index is 10.6. The lowest BCUT2D eigenvalue weighted by molar-refractivity contribution is -0.140. The second-order valence-electron chi connectivity index (χ2n) is 5.56. The number of carboxylic acid groups (broad SMARTS) is 1. The van der Waals surface area contributed by atoms with Crippen molar-refractivity contribution in [2.75, 3.05) is 13.1 Å². The van der Waals surface area contributed by atoms with Gasteiger partial charge in [0.15, 0.2) is 0 Å². The van der Waals surface area contributed by atoms with Crippen molar-refractivity contribution >= 4 is 5.97 Å². The van der Waals surface area contributed by atoms with Crippen molar-refractivity contribution in [3.05, 3.63) is 0 Å². The molecule has 2 aliphatic rings. The second kappa shape index (κ2) is 5.17. The van der Waals surface area contributed by atoms with Crippen LogP contribution in [-0.4, -0.2) is 35.1 Å². The van der Waals surface area contributed by atoms with Gasteiger partial charge in [-0.15, -0.1) is 0 Å². The molecule has 0 radical (unpaired) electrons. The molecule has 1 unspecified atom stereocenters. The molecule has 0 amide bonds. The summed E-state index contributed by atoms with van der Waals surface area (Å²) in [5.41, 5.74) is 0. The Morgan fingerprint density at radius 1 is 1.31 bits per heavy atom. The van der Waals surface area contributed by atoms with E-state index in [2.05, 4.69) is 11.8 Å². The van der Waals surface area contributed by atoms with Crippen molar-refractivity contribution in [3.8, 4) is 0 Å². The Morgan fingerprint density at radius 2 is 1.94 bits per heavy atom. The summed E-state index contributed by atoms with van der Waals surface area (Å²) in [5, 5.41) is 8.70. The summed E-state index contributed by atoms with van der Waals surface area (Å²) in [7, 11) is 0. The zero-order chi connectivity index (χ0) is 11.5. The maximum atomic E-state index is 10.6. The van der Waals surface area contributed by atoms with Crippen LogP contribution in [0.25, 0.3) is 0 Å². The van der Waals surface area contributed by atoms with E-state index < -0.39 is 5.97 Å². The molecule has 3 nitrogen and oxygen atoms in total. The molecule has 1 aliphatic carbocycles. The highest BCUT2D eigenvalue weighted by molar-refractivity contribution is 5.67. The molecule has 0 aromatic rings. The number of hydrogen-bond donors (Lipinski definition) is 1. The Hall–Kier alpha value is -0.570. The van der Waals surface area contributed by atoms with Crippen molar-refractivity contribution in [1.82, 2.24) is 4.90 Å². The summed E-state index contributed by atoms with van der Waals surface area (Å²) in [5.74, 6) is 0.623. The summed E-state index contributed by atoms with van der Waals surface area (Å²) in [6, 6.07) is 0.672. The van der Waals surface area contributed by atoms with Gasteiger partial charge < -0.3 is 5.11 Å². The molecule has 0 bridgehead atoms. The number of rotatable bonds is 4. The fraction of sp³-hybridized carbons (Fsp3) is 0.923. The van der Waals surface area contributed by atoms with Crippen LogP contribution in [0, 0.1) is 11.8 Å². The first kappa shape index (κ1) is 11.9. The maximum Gasteiger partial charge on any atom is 0.303 e. The SMILES string of the molecule is CC(C1CCCCC1)N1CC(CC(=O)O)C1. The number of likely N-dealkylation sites (tertiary alicyclic amines) is 1. The van der Waals surface area contributed by atoms with Crippen LogP contribution < -0.4 is 0 Å². The van der Waals surface area contributed by atoms with Crippen LogP contribution in [0.1, 0.15) is 45.4 Å². The van der Waals surface area contributed by atoms with Gasteiger partial charge >= 0.3 is 5.97 Å². The van der Waals surface area contributed by atoms with Crippen molar-refractivity contribution < 1.29 is 9.90 Å². The molecule has 0 spiro atoms. The van der Waals surface area contributed by atoms with Gasteiger partial charge in [0, 0.05) is 19.1 Å². The standard InChI is InChI=1S/C13H23NO2/c1-10(12-5-3-2-4-6-12)14-8-11(9-14)7-13(15)16/h10-12H,2-9H2,1H3,(H,15,16). The highest BCUT2D eigenvalue weighted by atomic mass is 16.4. The molecule has 1 saturated carbocycles. The average molecular weight is 225 g/mol. The van der Waals surface area contributed by atoms with Crippen LogP contribution in [0.4, 0.5) is 0 Å². The lowest BCUT2D eigenvalue weighted by Crippen LogP contribution is -2.54. The topological polar surface area (TPSA) is 40.5 Å². The fourth-order valence-electron chi connectivity index (χ4n) is 3.23. The van der Waals surface area contributed by atoms with E-state index in [0.29, 0.717) is 18.4 Å². The van der Waals surface area contributed by atoms with E-state index in [1.54, 1.807) is 0 Å². The zero-order valence-corrected chi connectivity index (χ0v) is 10.2. The quantitative estimate of drug-likeness (QED) is 0.798. The van der Waals surface area contributed by atoms with Gasteiger partial charge in [-0.2, -0.15) is 0 Å². The predicted molar refractivity (Wildman–Crippen MR) is 63.4 cm³/mol. The number of nitrogens with zero attached hydrogens (tertiary/aromatic N) is 1. The summed E-state index contributed by atoms with van der Waals surface area (Å²) in [6.45, 7) is 4.33. The smallest absolute Gasteiger partial charge is 0.303 e. The van der Waals surface area contributed by atoms with Crippen molar-refractivity contribution in [2.24, 2.45) is 11.8 Å². The minimum absolute atomic E-state index is 0.355. The molecular formula is C13H23NO2. The Kier molecular flexibility index (Phi) is 3.85. The Morgan fingerprint density at radius 3 is 2.50 bits per heavy atom. The third-order valence-corrected chi connectivity index (χ3v) is 4.36. The molecule has 1 N–H and O–H groups in total. The monoisotopic (exact) mass is 225 g/mol. The zero-order valence-electron chi connectivity index (χ0n) is 10.2. The third kappa shape index (κ3) is 2.76. The summed E-state index contributed by atoms with van der Waals surface area (Å²) in [6.07, 6.45) is 7.30. The van der Waals surface area contributed by atoms with Gasteiger partial charge in [-0.1, -0.05) is 19.3 Å². The molecule has 0 aromatic carbocycles. The Labute approximate surface area is 97.8 Å². The summed E-state index contributed by atoms with van der Waals surface area (Å²) < 4.78 is 0. The van der Waals surface area contributed by atoms with Gasteiger partial charge in [0.1, 0.15) is 0 Å². The average Bonchev–Trinajstić information content (AvgIpc) is 2.23. The molecule has 92 valence electrons. The minimum atomic E-state index is -0.644. The number of hydrogen-bond acceptors (Lipinski definition) is 2. The van der Waals surface area contributed by atoms with E-state index in [4.69, 9.17) is 5.11 Å². The van der Waals surface area contributed by atoms with Crippen LogP contribution in [0.2, 0.25) is 0 Å². The van der Waals surface area contributed by atoms with Crippen LogP contribution in [0.15, 0.2) is 0 Å². The first-order chi connectivity index (χ1) is 7.66. The molecule has 0 aromatic heterocycles. The van der Waals surface area contributed by atoms with Gasteiger partial charge in [0.05, 0.1) is 6.42 Å². The van der Waals surface area contributed by atoms with Crippen LogP contribution in [0.5, 0.6) is 0 Å². The largest absolute Gasteiger partial charge is 0.481 e. The molecule has 1 atom stereocenters. The van der Waals surface area contributed by atoms with Crippen LogP contribution >= 0.6 is 0 Å². The second-order valence-corrected chi connectivity index (χ2v) is 5.56. The van der Waals surface area contributed by atoms with E-state index in [0.717, 1.165) is 19.0 Å². The normalized spacial score (nSPS) is 26.3. The van der Waals surface area contributed by atoms with Crippen molar-refractivity contribution in [3.63, 3.8) is 0 Å². The lowest BCUT2D eigenvalue weighted by Gasteiger charge is -2.46. The van der Waals surface area contributed by atoms with Crippen LogP contribution in [-0.2, 0) is 4.79 Å². The van der Waals surface area contributed by atoms with Crippen molar-refractivity contribution in [2.45, 2.75) is 51.5 Å². The van der Waals surface area contributed by atoms with E-state index in [1.165, 1.54) is 32.1 Å². The Bertz CT molecular complexity index is 242.